The van der Waals surface area contributed by atoms with Crippen LogP contribution in [0.5, 0.6) is 11.5 Å². The number of hydrogen-bond acceptors (Lipinski definition) is 3. The summed E-state index contributed by atoms with van der Waals surface area (Å²) in [6.07, 6.45) is 2.29. The van der Waals surface area contributed by atoms with Crippen molar-refractivity contribution in [2.45, 2.75) is 25.8 Å². The molecule has 2 aromatic rings. The Morgan fingerprint density at radius 3 is 2.16 bits per heavy atom. The summed E-state index contributed by atoms with van der Waals surface area (Å²) >= 11 is 3.43. The van der Waals surface area contributed by atoms with Crippen molar-refractivity contribution >= 4 is 21.8 Å². The molecule has 1 aliphatic carbocycles. The monoisotopic (exact) mass is 403 g/mol. The predicted molar refractivity (Wildman–Crippen MR) is 101 cm³/mol. The molecule has 0 heterocycles. The van der Waals surface area contributed by atoms with Crippen LogP contribution in [-0.2, 0) is 0 Å². The molecule has 1 fully saturated rings. The zero-order chi connectivity index (χ0) is 18.0. The summed E-state index contributed by atoms with van der Waals surface area (Å²) in [6.45, 7) is 2.06. The second kappa shape index (κ2) is 7.48. The van der Waals surface area contributed by atoms with Crippen LogP contribution in [-0.4, -0.2) is 20.1 Å². The Labute approximate surface area is 156 Å². The van der Waals surface area contributed by atoms with E-state index in [9.17, 15) is 4.79 Å². The highest BCUT2D eigenvalue weighted by atomic mass is 79.9. The van der Waals surface area contributed by atoms with Gasteiger partial charge in [-0.15, -0.1) is 0 Å². The summed E-state index contributed by atoms with van der Waals surface area (Å²) < 4.78 is 11.4. The van der Waals surface area contributed by atoms with Gasteiger partial charge in [0.05, 0.1) is 20.3 Å². The van der Waals surface area contributed by atoms with E-state index >= 15 is 0 Å². The van der Waals surface area contributed by atoms with Gasteiger partial charge in [0, 0.05) is 5.56 Å². The summed E-state index contributed by atoms with van der Waals surface area (Å²) in [7, 11) is 3.14. The number of rotatable bonds is 6. The fraction of sp³-hybridized carbons (Fsp3) is 0.350. The zero-order valence-electron chi connectivity index (χ0n) is 14.6. The van der Waals surface area contributed by atoms with E-state index in [4.69, 9.17) is 9.47 Å². The van der Waals surface area contributed by atoms with Crippen molar-refractivity contribution < 1.29 is 14.3 Å². The number of aryl methyl sites for hydroxylation is 1. The summed E-state index contributed by atoms with van der Waals surface area (Å²) in [5, 5.41) is 3.19. The Hall–Kier alpha value is -2.01. The fourth-order valence-corrected chi connectivity index (χ4v) is 3.45. The smallest absolute Gasteiger partial charge is 0.252 e. The maximum absolute atomic E-state index is 12.8. The lowest BCUT2D eigenvalue weighted by atomic mass is 10.0. The molecule has 25 heavy (non-hydrogen) atoms. The minimum absolute atomic E-state index is 0.0359. The van der Waals surface area contributed by atoms with Crippen LogP contribution in [0.25, 0.3) is 0 Å². The first kappa shape index (κ1) is 17.8. The van der Waals surface area contributed by atoms with E-state index in [0.717, 1.165) is 18.4 Å². The maximum Gasteiger partial charge on any atom is 0.252 e. The predicted octanol–water partition coefficient (Wildman–Crippen LogP) is 4.66. The summed E-state index contributed by atoms with van der Waals surface area (Å²) in [4.78, 5) is 12.8. The summed E-state index contributed by atoms with van der Waals surface area (Å²) in [5.74, 6) is 1.53. The van der Waals surface area contributed by atoms with Crippen molar-refractivity contribution in [2.75, 3.05) is 14.2 Å². The highest BCUT2D eigenvalue weighted by Crippen LogP contribution is 2.41. The number of halogens is 1. The first-order valence-electron chi connectivity index (χ1n) is 8.32. The van der Waals surface area contributed by atoms with Crippen LogP contribution in [0.2, 0.25) is 0 Å². The van der Waals surface area contributed by atoms with Crippen molar-refractivity contribution in [1.82, 2.24) is 5.32 Å². The summed E-state index contributed by atoms with van der Waals surface area (Å²) in [5.41, 5.74) is 2.89. The SMILES string of the molecule is COc1cc(C(=O)NC(c2ccc(C)cc2)C2CC2)cc(OC)c1Br. The van der Waals surface area contributed by atoms with Gasteiger partial charge in [0.1, 0.15) is 16.0 Å². The van der Waals surface area contributed by atoms with Crippen LogP contribution in [0.4, 0.5) is 0 Å². The minimum Gasteiger partial charge on any atom is -0.495 e. The van der Waals surface area contributed by atoms with Crippen molar-refractivity contribution in [2.24, 2.45) is 5.92 Å². The van der Waals surface area contributed by atoms with Crippen LogP contribution in [0.15, 0.2) is 40.9 Å². The van der Waals surface area contributed by atoms with Crippen molar-refractivity contribution in [3.63, 3.8) is 0 Å². The summed E-state index contributed by atoms with van der Waals surface area (Å²) in [6, 6.07) is 11.9. The van der Waals surface area contributed by atoms with Crippen LogP contribution in [0, 0.1) is 12.8 Å². The highest BCUT2D eigenvalue weighted by Gasteiger charge is 2.33. The molecule has 1 aliphatic rings. The van der Waals surface area contributed by atoms with Crippen LogP contribution < -0.4 is 14.8 Å². The molecule has 0 spiro atoms. The first-order valence-corrected chi connectivity index (χ1v) is 9.11. The Bertz CT molecular complexity index is 744. The quantitative estimate of drug-likeness (QED) is 0.762. The second-order valence-corrected chi connectivity index (χ2v) is 7.19. The molecule has 0 aliphatic heterocycles. The van der Waals surface area contributed by atoms with E-state index in [1.807, 2.05) is 0 Å². The average molecular weight is 404 g/mol. The Morgan fingerprint density at radius 2 is 1.68 bits per heavy atom. The van der Waals surface area contributed by atoms with Gasteiger partial charge in [-0.3, -0.25) is 4.79 Å². The van der Waals surface area contributed by atoms with Crippen LogP contribution in [0.3, 0.4) is 0 Å². The van der Waals surface area contributed by atoms with Gasteiger partial charge in [-0.25, -0.2) is 0 Å². The lowest BCUT2D eigenvalue weighted by molar-refractivity contribution is 0.0931. The van der Waals surface area contributed by atoms with E-state index in [1.54, 1.807) is 26.4 Å². The Kier molecular flexibility index (Phi) is 5.33. The molecule has 0 saturated heterocycles. The molecule has 4 nitrogen and oxygen atoms in total. The molecular formula is C20H22BrNO3. The molecule has 5 heteroatoms. The van der Waals surface area contributed by atoms with Gasteiger partial charge in [0.2, 0.25) is 0 Å². The van der Waals surface area contributed by atoms with E-state index in [-0.39, 0.29) is 11.9 Å². The number of nitrogens with one attached hydrogen (secondary N) is 1. The highest BCUT2D eigenvalue weighted by molar-refractivity contribution is 9.10. The largest absolute Gasteiger partial charge is 0.495 e. The number of hydrogen-bond donors (Lipinski definition) is 1. The Morgan fingerprint density at radius 1 is 1.12 bits per heavy atom. The lowest BCUT2D eigenvalue weighted by Crippen LogP contribution is -2.30. The maximum atomic E-state index is 12.8. The lowest BCUT2D eigenvalue weighted by Gasteiger charge is -2.20. The van der Waals surface area contributed by atoms with E-state index in [2.05, 4.69) is 52.4 Å². The van der Waals surface area contributed by atoms with Gasteiger partial charge < -0.3 is 14.8 Å². The number of amides is 1. The van der Waals surface area contributed by atoms with Gasteiger partial charge in [-0.05, 0) is 59.3 Å². The normalized spacial score (nSPS) is 14.7. The van der Waals surface area contributed by atoms with Crippen LogP contribution in [0.1, 0.15) is 40.4 Å². The fourth-order valence-electron chi connectivity index (χ4n) is 2.90. The van der Waals surface area contributed by atoms with Gasteiger partial charge >= 0.3 is 0 Å². The molecule has 132 valence electrons. The van der Waals surface area contributed by atoms with Gasteiger partial charge in [-0.2, -0.15) is 0 Å². The number of carbonyl (C=O) groups is 1. The van der Waals surface area contributed by atoms with Gasteiger partial charge in [0.25, 0.3) is 5.91 Å². The standard InChI is InChI=1S/C20H22BrNO3/c1-12-4-6-13(7-5-12)19(14-8-9-14)22-20(23)15-10-16(24-2)18(21)17(11-15)25-3/h4-7,10-11,14,19H,8-9H2,1-3H3,(H,22,23). The molecule has 1 N–H and O–H groups in total. The van der Waals surface area contributed by atoms with Crippen molar-refractivity contribution in [1.29, 1.82) is 0 Å². The molecule has 1 atom stereocenters. The van der Waals surface area contributed by atoms with Crippen molar-refractivity contribution in [3.05, 3.63) is 57.6 Å². The van der Waals surface area contributed by atoms with E-state index in [0.29, 0.717) is 27.5 Å². The van der Waals surface area contributed by atoms with Gasteiger partial charge in [0.15, 0.2) is 0 Å². The average Bonchev–Trinajstić information content (AvgIpc) is 3.45. The van der Waals surface area contributed by atoms with Gasteiger partial charge in [-0.1, -0.05) is 29.8 Å². The molecule has 1 unspecified atom stereocenters. The van der Waals surface area contributed by atoms with E-state index in [1.165, 1.54) is 5.56 Å². The van der Waals surface area contributed by atoms with E-state index < -0.39 is 0 Å². The van der Waals surface area contributed by atoms with Crippen LogP contribution >= 0.6 is 15.9 Å². The molecule has 1 amide bonds. The first-order chi connectivity index (χ1) is 12.0. The Balaban J connectivity index is 1.86. The second-order valence-electron chi connectivity index (χ2n) is 6.39. The number of ether oxygens (including phenoxy) is 2. The number of methoxy groups -OCH3 is 2. The topological polar surface area (TPSA) is 47.6 Å². The number of carbonyl (C=O) groups excluding carboxylic acids is 1. The molecule has 3 rings (SSSR count). The molecule has 0 aromatic heterocycles. The molecule has 1 saturated carbocycles. The molecular weight excluding hydrogens is 382 g/mol. The third-order valence-electron chi connectivity index (χ3n) is 4.52. The number of benzene rings is 2. The minimum atomic E-state index is -0.124. The molecule has 0 bridgehead atoms. The van der Waals surface area contributed by atoms with Crippen molar-refractivity contribution in [3.8, 4) is 11.5 Å². The molecule has 2 aromatic carbocycles. The zero-order valence-corrected chi connectivity index (χ0v) is 16.2. The third kappa shape index (κ3) is 3.98. The third-order valence-corrected chi connectivity index (χ3v) is 5.31. The molecule has 0 radical (unpaired) electrons.